The molecule has 1 aliphatic heterocycles. The molecule has 240 valence electrons. The van der Waals surface area contributed by atoms with Crippen LogP contribution in [-0.2, 0) is 33.8 Å². The van der Waals surface area contributed by atoms with Gasteiger partial charge in [-0.3, -0.25) is 9.59 Å². The Balaban J connectivity index is 1.26. The Hall–Kier alpha value is -4.38. The van der Waals surface area contributed by atoms with Crippen LogP contribution < -0.4 is 14.8 Å². The van der Waals surface area contributed by atoms with Crippen molar-refractivity contribution in [3.8, 4) is 11.5 Å². The van der Waals surface area contributed by atoms with Gasteiger partial charge in [0.15, 0.2) is 23.9 Å². The average molecular weight is 637 g/mol. The number of fused-ring (bicyclic) bond motifs is 1. The quantitative estimate of drug-likeness (QED) is 0.214. The minimum atomic E-state index is -0.603. The number of benzene rings is 2. The van der Waals surface area contributed by atoms with Crippen LogP contribution in [-0.4, -0.2) is 59.6 Å². The number of esters is 1. The van der Waals surface area contributed by atoms with Crippen LogP contribution in [0.25, 0.3) is 0 Å². The molecule has 0 radical (unpaired) electrons. The van der Waals surface area contributed by atoms with E-state index in [0.717, 1.165) is 16.0 Å². The van der Waals surface area contributed by atoms with Crippen molar-refractivity contribution >= 4 is 35.1 Å². The van der Waals surface area contributed by atoms with Crippen LogP contribution >= 0.6 is 11.3 Å². The molecule has 0 fully saturated rings. The van der Waals surface area contributed by atoms with Crippen molar-refractivity contribution in [1.29, 1.82) is 0 Å². The van der Waals surface area contributed by atoms with Crippen LogP contribution in [0.1, 0.15) is 77.6 Å². The minimum absolute atomic E-state index is 0.149. The van der Waals surface area contributed by atoms with Crippen molar-refractivity contribution in [3.63, 3.8) is 0 Å². The van der Waals surface area contributed by atoms with E-state index in [4.69, 9.17) is 18.9 Å². The average Bonchev–Trinajstić information content (AvgIpc) is 3.40. The molecule has 10 nitrogen and oxygen atoms in total. The number of Topliss-reactive ketones (excluding diaryl/α,β-unsaturated/α-hetero) is 1. The summed E-state index contributed by atoms with van der Waals surface area (Å²) in [6.45, 7) is 11.6. The van der Waals surface area contributed by atoms with Gasteiger partial charge in [0.1, 0.15) is 17.8 Å². The summed E-state index contributed by atoms with van der Waals surface area (Å²) in [5.74, 6) is -0.150. The highest BCUT2D eigenvalue weighted by molar-refractivity contribution is 7.14. The van der Waals surface area contributed by atoms with Gasteiger partial charge in [-0.25, -0.2) is 9.59 Å². The van der Waals surface area contributed by atoms with Crippen molar-refractivity contribution in [3.05, 3.63) is 81.0 Å². The Morgan fingerprint density at radius 1 is 0.867 bits per heavy atom. The fourth-order valence-corrected chi connectivity index (χ4v) is 5.50. The first-order chi connectivity index (χ1) is 21.2. The zero-order valence-corrected chi connectivity index (χ0v) is 27.4. The predicted octanol–water partition coefficient (Wildman–Crippen LogP) is 5.95. The number of nitrogens with zero attached hydrogens (tertiary/aromatic N) is 1. The molecule has 0 atom stereocenters. The van der Waals surface area contributed by atoms with E-state index in [1.807, 2.05) is 20.8 Å². The fourth-order valence-electron chi connectivity index (χ4n) is 4.42. The highest BCUT2D eigenvalue weighted by Gasteiger charge is 2.28. The van der Waals surface area contributed by atoms with Gasteiger partial charge >= 0.3 is 12.1 Å². The first-order valence-corrected chi connectivity index (χ1v) is 15.5. The van der Waals surface area contributed by atoms with E-state index in [1.54, 1.807) is 80.3 Å². The Morgan fingerprint density at radius 3 is 2.16 bits per heavy atom. The molecule has 45 heavy (non-hydrogen) atoms. The topological polar surface area (TPSA) is 120 Å². The number of ether oxygens (including phenoxy) is 4. The summed E-state index contributed by atoms with van der Waals surface area (Å²) in [6, 6.07) is 15.8. The van der Waals surface area contributed by atoms with E-state index in [9.17, 15) is 19.2 Å². The minimum Gasteiger partial charge on any atom is -0.485 e. The van der Waals surface area contributed by atoms with Crippen LogP contribution in [0, 0.1) is 0 Å². The Kier molecular flexibility index (Phi) is 10.5. The zero-order valence-electron chi connectivity index (χ0n) is 26.6. The molecule has 0 saturated heterocycles. The third-order valence-electron chi connectivity index (χ3n) is 6.44. The molecule has 0 aliphatic carbocycles. The Labute approximate surface area is 267 Å². The van der Waals surface area contributed by atoms with E-state index in [-0.39, 0.29) is 37.5 Å². The molecule has 3 aromatic rings. The number of amides is 2. The van der Waals surface area contributed by atoms with Crippen molar-refractivity contribution < 1.29 is 38.1 Å². The van der Waals surface area contributed by atoms with Crippen molar-refractivity contribution in [2.75, 3.05) is 19.7 Å². The molecule has 0 unspecified atom stereocenters. The molecular formula is C34H40N2O8S. The number of rotatable bonds is 10. The van der Waals surface area contributed by atoms with Gasteiger partial charge in [-0.15, -0.1) is 11.3 Å². The van der Waals surface area contributed by atoms with Gasteiger partial charge in [-0.1, -0.05) is 36.4 Å². The number of carbonyl (C=O) groups is 4. The maximum Gasteiger partial charge on any atom is 0.410 e. The van der Waals surface area contributed by atoms with Gasteiger partial charge in [0.05, 0.1) is 18.0 Å². The summed E-state index contributed by atoms with van der Waals surface area (Å²) in [5, 5.41) is 2.72. The van der Waals surface area contributed by atoms with Crippen molar-refractivity contribution in [1.82, 2.24) is 10.2 Å². The lowest BCUT2D eigenvalue weighted by molar-refractivity contribution is -0.157. The zero-order chi connectivity index (χ0) is 32.8. The number of carbonyl (C=O) groups excluding carboxylic acids is 4. The lowest BCUT2D eigenvalue weighted by atomic mass is 10.1. The van der Waals surface area contributed by atoms with Gasteiger partial charge in [-0.05, 0) is 77.3 Å². The second kappa shape index (κ2) is 14.2. The normalized spacial score (nSPS) is 13.0. The van der Waals surface area contributed by atoms with Crippen molar-refractivity contribution in [2.45, 2.75) is 72.3 Å². The summed E-state index contributed by atoms with van der Waals surface area (Å²) in [5.41, 5.74) is 1.02. The number of hydrogen-bond acceptors (Lipinski definition) is 9. The molecule has 0 saturated carbocycles. The molecule has 4 rings (SSSR count). The highest BCUT2D eigenvalue weighted by Crippen LogP contribution is 2.30. The molecule has 1 N–H and O–H groups in total. The van der Waals surface area contributed by atoms with E-state index >= 15 is 0 Å². The summed E-state index contributed by atoms with van der Waals surface area (Å²) in [6.07, 6.45) is 0.273. The third kappa shape index (κ3) is 10.1. The Morgan fingerprint density at radius 2 is 1.51 bits per heavy atom. The van der Waals surface area contributed by atoms with Crippen LogP contribution in [0.2, 0.25) is 0 Å². The number of ketones is 1. The fraction of sp³-hybridized carbons (Fsp3) is 0.412. The molecule has 2 heterocycles. The summed E-state index contributed by atoms with van der Waals surface area (Å²) >= 11 is 1.38. The summed E-state index contributed by atoms with van der Waals surface area (Å²) < 4.78 is 22.3. The van der Waals surface area contributed by atoms with Crippen molar-refractivity contribution in [2.24, 2.45) is 0 Å². The van der Waals surface area contributed by atoms with Gasteiger partial charge < -0.3 is 29.2 Å². The summed E-state index contributed by atoms with van der Waals surface area (Å²) in [4.78, 5) is 53.3. The van der Waals surface area contributed by atoms with Crippen LogP contribution in [0.4, 0.5) is 4.79 Å². The SMILES string of the molecule is CC(C)(C)OC(=O)COc1ccccc1OCc1ccc(C(=O)CNC(=O)c2cc3c(s2)CCN(C(=O)OC(C)(C)C)C3)cc1. The van der Waals surface area contributed by atoms with Gasteiger partial charge in [0.25, 0.3) is 5.91 Å². The lowest BCUT2D eigenvalue weighted by Gasteiger charge is -2.29. The summed E-state index contributed by atoms with van der Waals surface area (Å²) in [7, 11) is 0. The molecule has 0 spiro atoms. The van der Waals surface area contributed by atoms with Gasteiger partial charge in [-0.2, -0.15) is 0 Å². The van der Waals surface area contributed by atoms with E-state index in [1.165, 1.54) is 11.3 Å². The number of hydrogen-bond donors (Lipinski definition) is 1. The maximum absolute atomic E-state index is 12.8. The molecule has 11 heteroatoms. The second-order valence-electron chi connectivity index (χ2n) is 12.6. The van der Waals surface area contributed by atoms with E-state index in [2.05, 4.69) is 5.32 Å². The van der Waals surface area contributed by atoms with E-state index in [0.29, 0.717) is 41.4 Å². The predicted molar refractivity (Wildman–Crippen MR) is 170 cm³/mol. The van der Waals surface area contributed by atoms with Gasteiger partial charge in [0, 0.05) is 17.0 Å². The molecule has 2 aromatic carbocycles. The highest BCUT2D eigenvalue weighted by atomic mass is 32.1. The maximum atomic E-state index is 12.8. The largest absolute Gasteiger partial charge is 0.485 e. The Bertz CT molecular complexity index is 1530. The smallest absolute Gasteiger partial charge is 0.410 e. The lowest BCUT2D eigenvalue weighted by Crippen LogP contribution is -2.39. The number of para-hydroxylation sites is 2. The molecular weight excluding hydrogens is 596 g/mol. The van der Waals surface area contributed by atoms with E-state index < -0.39 is 17.2 Å². The van der Waals surface area contributed by atoms with Crippen LogP contribution in [0.15, 0.2) is 54.6 Å². The third-order valence-corrected chi connectivity index (χ3v) is 7.67. The van der Waals surface area contributed by atoms with Gasteiger partial charge in [0.2, 0.25) is 0 Å². The molecule has 0 bridgehead atoms. The molecule has 2 amide bonds. The van der Waals surface area contributed by atoms with Crippen LogP contribution in [0.3, 0.4) is 0 Å². The standard InChI is InChI=1S/C34H40N2O8S/c1-33(2,3)43-30(38)21-42-27-10-8-7-9-26(27)41-20-22-11-13-23(14-12-22)25(37)18-35-31(39)29-17-24-19-36(16-15-28(24)45-29)32(40)44-34(4,5)6/h7-14,17H,15-16,18-21H2,1-6H3,(H,35,39). The first kappa shape index (κ1) is 33.5. The second-order valence-corrected chi connectivity index (χ2v) is 13.8. The number of nitrogens with one attached hydrogen (secondary N) is 1. The number of thiophene rings is 1. The molecule has 1 aromatic heterocycles. The monoisotopic (exact) mass is 636 g/mol. The molecule has 1 aliphatic rings. The first-order valence-electron chi connectivity index (χ1n) is 14.7. The van der Waals surface area contributed by atoms with Crippen LogP contribution in [0.5, 0.6) is 11.5 Å².